The Morgan fingerprint density at radius 1 is 1.30 bits per heavy atom. The number of nitrogens with zero attached hydrogens (tertiary/aromatic N) is 1. The van der Waals surface area contributed by atoms with Gasteiger partial charge < -0.3 is 5.73 Å². The third-order valence-corrected chi connectivity index (χ3v) is 4.47. The number of nitrogens with two attached hydrogens (primary N) is 1. The number of hydrogen-bond acceptors (Lipinski definition) is 2. The number of nitrogen functional groups attached to an aromatic ring is 1. The summed E-state index contributed by atoms with van der Waals surface area (Å²) in [6.07, 6.45) is 5.26. The van der Waals surface area contributed by atoms with E-state index < -0.39 is 0 Å². The first kappa shape index (κ1) is 13.2. The number of benzene rings is 1. The SMILES string of the molecule is CC1(C)CCCC(c2cccc(-c3cc(N)n[nH]3)c2)C1. The summed E-state index contributed by atoms with van der Waals surface area (Å²) in [6, 6.07) is 10.7. The van der Waals surface area contributed by atoms with Crippen molar-refractivity contribution in [3.8, 4) is 11.3 Å². The fraction of sp³-hybridized carbons (Fsp3) is 0.471. The van der Waals surface area contributed by atoms with E-state index in [9.17, 15) is 0 Å². The highest BCUT2D eigenvalue weighted by molar-refractivity contribution is 5.62. The topological polar surface area (TPSA) is 54.7 Å². The monoisotopic (exact) mass is 269 g/mol. The van der Waals surface area contributed by atoms with Gasteiger partial charge in [0.05, 0.1) is 5.69 Å². The van der Waals surface area contributed by atoms with Gasteiger partial charge in [-0.1, -0.05) is 38.5 Å². The molecule has 20 heavy (non-hydrogen) atoms. The van der Waals surface area contributed by atoms with Gasteiger partial charge in [0.15, 0.2) is 0 Å². The quantitative estimate of drug-likeness (QED) is 0.852. The Bertz CT molecular complexity index is 598. The Balaban J connectivity index is 1.88. The lowest BCUT2D eigenvalue weighted by molar-refractivity contribution is 0.219. The maximum absolute atomic E-state index is 5.69. The number of aromatic nitrogens is 2. The molecule has 0 aliphatic heterocycles. The van der Waals surface area contributed by atoms with Gasteiger partial charge in [-0.25, -0.2) is 0 Å². The standard InChI is InChI=1S/C17H23N3/c1-17(2)8-4-7-14(11-17)12-5-3-6-13(9-12)15-10-16(18)20-19-15/h3,5-6,9-10,14H,4,7-8,11H2,1-2H3,(H3,18,19,20). The van der Waals surface area contributed by atoms with Crippen LogP contribution >= 0.6 is 0 Å². The zero-order chi connectivity index (χ0) is 14.2. The smallest absolute Gasteiger partial charge is 0.145 e. The van der Waals surface area contributed by atoms with Crippen LogP contribution in [-0.4, -0.2) is 10.2 Å². The van der Waals surface area contributed by atoms with E-state index in [0.29, 0.717) is 17.2 Å². The van der Waals surface area contributed by atoms with Gasteiger partial charge in [-0.2, -0.15) is 5.10 Å². The molecule has 3 nitrogen and oxygen atoms in total. The zero-order valence-corrected chi connectivity index (χ0v) is 12.3. The molecule has 3 N–H and O–H groups in total. The minimum absolute atomic E-state index is 0.470. The molecule has 1 aliphatic carbocycles. The average molecular weight is 269 g/mol. The van der Waals surface area contributed by atoms with Gasteiger partial charge in [0.2, 0.25) is 0 Å². The molecule has 3 rings (SSSR count). The second-order valence-electron chi connectivity index (χ2n) is 6.79. The minimum Gasteiger partial charge on any atom is -0.382 e. The number of hydrogen-bond donors (Lipinski definition) is 2. The molecule has 0 radical (unpaired) electrons. The van der Waals surface area contributed by atoms with Gasteiger partial charge in [-0.15, -0.1) is 0 Å². The molecule has 0 amide bonds. The fourth-order valence-corrected chi connectivity index (χ4v) is 3.43. The molecule has 1 heterocycles. The lowest BCUT2D eigenvalue weighted by atomic mass is 9.70. The van der Waals surface area contributed by atoms with Crippen LogP contribution in [0.1, 0.15) is 51.0 Å². The summed E-state index contributed by atoms with van der Waals surface area (Å²) in [6.45, 7) is 4.78. The van der Waals surface area contributed by atoms with Gasteiger partial charge in [0.1, 0.15) is 5.82 Å². The Kier molecular flexibility index (Phi) is 3.28. The molecule has 1 atom stereocenters. The van der Waals surface area contributed by atoms with Crippen LogP contribution in [-0.2, 0) is 0 Å². The Morgan fingerprint density at radius 2 is 2.15 bits per heavy atom. The van der Waals surface area contributed by atoms with Gasteiger partial charge in [0, 0.05) is 6.07 Å². The Hall–Kier alpha value is -1.77. The fourth-order valence-electron chi connectivity index (χ4n) is 3.43. The maximum atomic E-state index is 5.69. The molecule has 1 fully saturated rings. The highest BCUT2D eigenvalue weighted by atomic mass is 15.2. The summed E-state index contributed by atoms with van der Waals surface area (Å²) in [5, 5.41) is 7.00. The van der Waals surface area contributed by atoms with Crippen LogP contribution in [0.15, 0.2) is 30.3 Å². The van der Waals surface area contributed by atoms with E-state index in [1.54, 1.807) is 0 Å². The van der Waals surface area contributed by atoms with E-state index >= 15 is 0 Å². The average Bonchev–Trinajstić information content (AvgIpc) is 2.85. The highest BCUT2D eigenvalue weighted by Crippen LogP contribution is 2.43. The van der Waals surface area contributed by atoms with Crippen molar-refractivity contribution in [2.75, 3.05) is 5.73 Å². The molecular weight excluding hydrogens is 246 g/mol. The molecule has 1 aromatic carbocycles. The van der Waals surface area contributed by atoms with E-state index in [-0.39, 0.29) is 0 Å². The van der Waals surface area contributed by atoms with Crippen molar-refractivity contribution in [3.63, 3.8) is 0 Å². The molecule has 0 spiro atoms. The van der Waals surface area contributed by atoms with Crippen LogP contribution in [0.5, 0.6) is 0 Å². The third-order valence-electron chi connectivity index (χ3n) is 4.47. The summed E-state index contributed by atoms with van der Waals surface area (Å²) >= 11 is 0. The number of anilines is 1. The predicted molar refractivity (Wildman–Crippen MR) is 83.4 cm³/mol. The van der Waals surface area contributed by atoms with Gasteiger partial charge in [-0.05, 0) is 47.8 Å². The van der Waals surface area contributed by atoms with Crippen LogP contribution in [0.4, 0.5) is 5.82 Å². The van der Waals surface area contributed by atoms with Crippen molar-refractivity contribution in [2.24, 2.45) is 5.41 Å². The second-order valence-corrected chi connectivity index (χ2v) is 6.79. The van der Waals surface area contributed by atoms with Crippen molar-refractivity contribution in [2.45, 2.75) is 45.4 Å². The van der Waals surface area contributed by atoms with Gasteiger partial charge in [-0.3, -0.25) is 5.10 Å². The van der Waals surface area contributed by atoms with Crippen molar-refractivity contribution >= 4 is 5.82 Å². The van der Waals surface area contributed by atoms with Gasteiger partial charge in [0.25, 0.3) is 0 Å². The summed E-state index contributed by atoms with van der Waals surface area (Å²) in [5.74, 6) is 1.23. The summed E-state index contributed by atoms with van der Waals surface area (Å²) < 4.78 is 0. The molecule has 3 heteroatoms. The number of nitrogens with one attached hydrogen (secondary N) is 1. The number of aromatic amines is 1. The van der Waals surface area contributed by atoms with E-state index in [1.807, 2.05) is 6.07 Å². The molecule has 1 aromatic heterocycles. The molecule has 1 aliphatic rings. The van der Waals surface area contributed by atoms with Crippen LogP contribution in [0.25, 0.3) is 11.3 Å². The minimum atomic E-state index is 0.470. The van der Waals surface area contributed by atoms with E-state index in [2.05, 4.69) is 48.3 Å². The zero-order valence-electron chi connectivity index (χ0n) is 12.3. The van der Waals surface area contributed by atoms with Crippen LogP contribution in [0.2, 0.25) is 0 Å². The van der Waals surface area contributed by atoms with Crippen LogP contribution in [0, 0.1) is 5.41 Å². The first-order valence-corrected chi connectivity index (χ1v) is 7.45. The highest BCUT2D eigenvalue weighted by Gasteiger charge is 2.28. The first-order chi connectivity index (χ1) is 9.53. The predicted octanol–water partition coefficient (Wildman–Crippen LogP) is 4.34. The van der Waals surface area contributed by atoms with Crippen molar-refractivity contribution < 1.29 is 0 Å². The van der Waals surface area contributed by atoms with Crippen LogP contribution < -0.4 is 5.73 Å². The first-order valence-electron chi connectivity index (χ1n) is 7.45. The third kappa shape index (κ3) is 2.72. The maximum Gasteiger partial charge on any atom is 0.145 e. The van der Waals surface area contributed by atoms with Crippen molar-refractivity contribution in [1.82, 2.24) is 10.2 Å². The second kappa shape index (κ2) is 4.97. The lowest BCUT2D eigenvalue weighted by Gasteiger charge is -2.35. The molecule has 2 aromatic rings. The normalized spacial score (nSPS) is 21.8. The number of rotatable bonds is 2. The van der Waals surface area contributed by atoms with E-state index in [0.717, 1.165) is 5.69 Å². The number of H-pyrrole nitrogens is 1. The molecular formula is C17H23N3. The van der Waals surface area contributed by atoms with E-state index in [1.165, 1.54) is 36.8 Å². The van der Waals surface area contributed by atoms with Crippen molar-refractivity contribution in [1.29, 1.82) is 0 Å². The summed E-state index contributed by atoms with van der Waals surface area (Å²) in [5.41, 5.74) is 9.78. The molecule has 1 unspecified atom stereocenters. The summed E-state index contributed by atoms with van der Waals surface area (Å²) in [4.78, 5) is 0. The molecule has 0 saturated heterocycles. The van der Waals surface area contributed by atoms with Crippen LogP contribution in [0.3, 0.4) is 0 Å². The van der Waals surface area contributed by atoms with E-state index in [4.69, 9.17) is 5.73 Å². The van der Waals surface area contributed by atoms with Crippen molar-refractivity contribution in [3.05, 3.63) is 35.9 Å². The molecule has 106 valence electrons. The largest absolute Gasteiger partial charge is 0.382 e. The lowest BCUT2D eigenvalue weighted by Crippen LogP contribution is -2.21. The Morgan fingerprint density at radius 3 is 2.85 bits per heavy atom. The molecule has 1 saturated carbocycles. The molecule has 0 bridgehead atoms. The Labute approximate surface area is 120 Å². The van der Waals surface area contributed by atoms with Gasteiger partial charge >= 0.3 is 0 Å². The summed E-state index contributed by atoms with van der Waals surface area (Å²) in [7, 11) is 0.